The van der Waals surface area contributed by atoms with Crippen molar-refractivity contribution in [1.82, 2.24) is 0 Å². The second kappa shape index (κ2) is 10.8. The average Bonchev–Trinajstić information content (AvgIpc) is 3.67. The monoisotopic (exact) mass is 702 g/mol. The van der Waals surface area contributed by atoms with Gasteiger partial charge in [-0.05, 0) is 102 Å². The first-order chi connectivity index (χ1) is 20.7. The summed E-state index contributed by atoms with van der Waals surface area (Å²) in [6.07, 6.45) is 0. The molecule has 0 fully saturated rings. The lowest BCUT2D eigenvalue weighted by Gasteiger charge is -2.22. The molecule has 2 aromatic heterocycles. The highest BCUT2D eigenvalue weighted by atomic mass is 79.9. The number of hydrogen-bond acceptors (Lipinski definition) is 2. The largest absolute Gasteiger partial charge is 0.135 e. The van der Waals surface area contributed by atoms with Crippen LogP contribution in [0, 0.1) is 0 Å². The highest BCUT2D eigenvalue weighted by Gasteiger charge is 2.23. The summed E-state index contributed by atoms with van der Waals surface area (Å²) in [5, 5.41) is 9.23. The Bertz CT molecular complexity index is 2060. The van der Waals surface area contributed by atoms with Crippen LogP contribution in [0.4, 0.5) is 0 Å². The molecule has 0 unspecified atom stereocenters. The second-order valence-corrected chi connectivity index (χ2v) is 13.9. The van der Waals surface area contributed by atoms with Crippen molar-refractivity contribution in [3.8, 4) is 32.0 Å². The van der Waals surface area contributed by atoms with E-state index in [0.29, 0.717) is 0 Å². The Hall–Kier alpha value is -3.28. The summed E-state index contributed by atoms with van der Waals surface area (Å²) in [4.78, 5) is 2.62. The highest BCUT2D eigenvalue weighted by molar-refractivity contribution is 9.08. The maximum atomic E-state index is 3.98. The number of thiophene rings is 2. The zero-order chi connectivity index (χ0) is 28.2. The molecule has 0 nitrogen and oxygen atoms in total. The van der Waals surface area contributed by atoms with Crippen LogP contribution in [0.25, 0.3) is 73.7 Å². The normalized spacial score (nSPS) is 11.8. The van der Waals surface area contributed by atoms with Gasteiger partial charge in [0.2, 0.25) is 0 Å². The third-order valence-electron chi connectivity index (χ3n) is 8.21. The Morgan fingerprint density at radius 1 is 0.429 bits per heavy atom. The summed E-state index contributed by atoms with van der Waals surface area (Å²) in [5.41, 5.74) is 7.93. The smallest absolute Gasteiger partial charge is 0.0358 e. The summed E-state index contributed by atoms with van der Waals surface area (Å²) in [6.45, 7) is 0. The van der Waals surface area contributed by atoms with Crippen molar-refractivity contribution >= 4 is 96.3 Å². The number of rotatable bonds is 5. The fraction of sp³-hybridized carbons (Fsp3) is 0.0526. The first-order valence-corrected chi connectivity index (χ1v) is 17.8. The van der Waals surface area contributed by atoms with Crippen LogP contribution >= 0.6 is 54.5 Å². The van der Waals surface area contributed by atoms with E-state index in [9.17, 15) is 0 Å². The second-order valence-electron chi connectivity index (χ2n) is 10.6. The van der Waals surface area contributed by atoms with Crippen molar-refractivity contribution in [1.29, 1.82) is 0 Å². The van der Waals surface area contributed by atoms with Gasteiger partial charge in [0.15, 0.2) is 0 Å². The van der Waals surface area contributed by atoms with E-state index in [1.807, 2.05) is 22.7 Å². The number of hydrogen-bond donors (Lipinski definition) is 0. The summed E-state index contributed by atoms with van der Waals surface area (Å²) in [6, 6.07) is 44.7. The van der Waals surface area contributed by atoms with Gasteiger partial charge in [-0.2, -0.15) is 0 Å². The van der Waals surface area contributed by atoms with Crippen LogP contribution in [-0.2, 0) is 10.7 Å². The van der Waals surface area contributed by atoms with Gasteiger partial charge in [0, 0.05) is 29.8 Å². The molecule has 42 heavy (non-hydrogen) atoms. The van der Waals surface area contributed by atoms with Crippen molar-refractivity contribution in [2.75, 3.05) is 0 Å². The third kappa shape index (κ3) is 4.27. The van der Waals surface area contributed by atoms with Crippen LogP contribution in [0.2, 0.25) is 0 Å². The first kappa shape index (κ1) is 26.4. The standard InChI is InChI=1S/C38H24Br2S2/c39-21-31-29(35-19-25-11-3-7-15-33(25)41-35)17-23-9-1-5-13-27(23)37(31)38-28-14-6-2-10-24(28)18-30(32(38)22-40)36-20-26-12-4-8-16-34(26)42-36/h1-20H,21-22H2. The van der Waals surface area contributed by atoms with E-state index in [2.05, 4.69) is 153 Å². The van der Waals surface area contributed by atoms with E-state index in [0.717, 1.165) is 10.7 Å². The number of benzene rings is 6. The lowest BCUT2D eigenvalue weighted by molar-refractivity contribution is 1.42. The van der Waals surface area contributed by atoms with Crippen LogP contribution in [0.3, 0.4) is 0 Å². The molecule has 0 bridgehead atoms. The average molecular weight is 705 g/mol. The minimum atomic E-state index is 0.764. The summed E-state index contributed by atoms with van der Waals surface area (Å²) in [5.74, 6) is 0. The van der Waals surface area contributed by atoms with Crippen LogP contribution in [0.5, 0.6) is 0 Å². The van der Waals surface area contributed by atoms with Crippen molar-refractivity contribution in [3.05, 3.63) is 132 Å². The van der Waals surface area contributed by atoms with Gasteiger partial charge in [0.25, 0.3) is 0 Å². The van der Waals surface area contributed by atoms with Crippen molar-refractivity contribution in [3.63, 3.8) is 0 Å². The van der Waals surface area contributed by atoms with Gasteiger partial charge < -0.3 is 0 Å². The van der Waals surface area contributed by atoms with Crippen LogP contribution < -0.4 is 0 Å². The van der Waals surface area contributed by atoms with Crippen molar-refractivity contribution in [2.24, 2.45) is 0 Å². The Kier molecular flexibility index (Phi) is 6.76. The Balaban J connectivity index is 1.51. The summed E-state index contributed by atoms with van der Waals surface area (Å²) < 4.78 is 2.64. The van der Waals surface area contributed by atoms with Gasteiger partial charge in [-0.1, -0.05) is 117 Å². The van der Waals surface area contributed by atoms with Gasteiger partial charge in [-0.25, -0.2) is 0 Å². The lowest BCUT2D eigenvalue weighted by atomic mass is 9.83. The molecular weight excluding hydrogens is 680 g/mol. The predicted octanol–water partition coefficient (Wildman–Crippen LogP) is 13.2. The number of fused-ring (bicyclic) bond motifs is 4. The molecule has 0 aliphatic carbocycles. The summed E-state index contributed by atoms with van der Waals surface area (Å²) >= 11 is 11.7. The molecule has 0 atom stereocenters. The molecule has 0 spiro atoms. The fourth-order valence-electron chi connectivity index (χ4n) is 6.30. The molecule has 0 saturated heterocycles. The minimum Gasteiger partial charge on any atom is -0.135 e. The van der Waals surface area contributed by atoms with Crippen molar-refractivity contribution in [2.45, 2.75) is 10.7 Å². The molecule has 0 saturated carbocycles. The maximum Gasteiger partial charge on any atom is 0.0358 e. The molecule has 202 valence electrons. The van der Waals surface area contributed by atoms with Gasteiger partial charge in [-0.3, -0.25) is 0 Å². The maximum absolute atomic E-state index is 3.98. The summed E-state index contributed by atoms with van der Waals surface area (Å²) in [7, 11) is 0. The SMILES string of the molecule is BrCc1c(-c2cc3ccccc3s2)cc2ccccc2c1-c1c(CBr)c(-c2cc3ccccc3s2)cc2ccccc12. The number of halogens is 2. The molecule has 0 N–H and O–H groups in total. The molecule has 0 radical (unpaired) electrons. The highest BCUT2D eigenvalue weighted by Crippen LogP contribution is 2.49. The fourth-order valence-corrected chi connectivity index (χ4v) is 9.68. The zero-order valence-electron chi connectivity index (χ0n) is 22.5. The first-order valence-electron chi connectivity index (χ1n) is 13.9. The van der Waals surface area contributed by atoms with Crippen LogP contribution in [-0.4, -0.2) is 0 Å². The predicted molar refractivity (Wildman–Crippen MR) is 194 cm³/mol. The molecule has 0 aliphatic heterocycles. The Morgan fingerprint density at radius 2 is 0.810 bits per heavy atom. The van der Waals surface area contributed by atoms with E-state index < -0.39 is 0 Å². The van der Waals surface area contributed by atoms with E-state index in [1.54, 1.807) is 0 Å². The molecule has 2 heterocycles. The molecule has 8 rings (SSSR count). The topological polar surface area (TPSA) is 0 Å². The minimum absolute atomic E-state index is 0.764. The molecule has 0 amide bonds. The molecule has 4 heteroatoms. The lowest BCUT2D eigenvalue weighted by Crippen LogP contribution is -1.99. The van der Waals surface area contributed by atoms with Crippen molar-refractivity contribution < 1.29 is 0 Å². The van der Waals surface area contributed by atoms with Gasteiger partial charge in [0.05, 0.1) is 0 Å². The van der Waals surface area contributed by atoms with E-state index in [4.69, 9.17) is 0 Å². The van der Waals surface area contributed by atoms with Gasteiger partial charge >= 0.3 is 0 Å². The Labute approximate surface area is 269 Å². The van der Waals surface area contributed by atoms with Gasteiger partial charge in [-0.15, -0.1) is 22.7 Å². The van der Waals surface area contributed by atoms with Crippen LogP contribution in [0.15, 0.2) is 121 Å². The van der Waals surface area contributed by atoms with E-state index in [1.165, 1.54) is 84.9 Å². The molecular formula is C38H24Br2S2. The van der Waals surface area contributed by atoms with Crippen LogP contribution in [0.1, 0.15) is 11.1 Å². The third-order valence-corrected chi connectivity index (χ3v) is 11.6. The molecule has 0 aliphatic rings. The van der Waals surface area contributed by atoms with E-state index >= 15 is 0 Å². The molecule has 8 aromatic rings. The Morgan fingerprint density at radius 3 is 1.21 bits per heavy atom. The van der Waals surface area contributed by atoms with Gasteiger partial charge in [0.1, 0.15) is 0 Å². The number of alkyl halides is 2. The zero-order valence-corrected chi connectivity index (χ0v) is 27.3. The quantitative estimate of drug-likeness (QED) is 0.157. The molecule has 6 aromatic carbocycles. The van der Waals surface area contributed by atoms with E-state index in [-0.39, 0.29) is 0 Å².